The Balaban J connectivity index is 2.23. The zero-order valence-electron chi connectivity index (χ0n) is 8.81. The Bertz CT molecular complexity index is 338. The SMILES string of the molecule is FC(F)(F)[C@@H](Cl)CCCOc1ccc(Cl)cc1. The minimum atomic E-state index is -4.35. The zero-order valence-corrected chi connectivity index (χ0v) is 10.3. The largest absolute Gasteiger partial charge is 0.494 e. The molecule has 1 atom stereocenters. The van der Waals surface area contributed by atoms with Crippen LogP contribution in [0.15, 0.2) is 24.3 Å². The molecule has 0 aromatic heterocycles. The molecule has 17 heavy (non-hydrogen) atoms. The van der Waals surface area contributed by atoms with E-state index in [9.17, 15) is 13.2 Å². The molecule has 0 N–H and O–H groups in total. The molecule has 1 aromatic carbocycles. The van der Waals surface area contributed by atoms with Gasteiger partial charge in [-0.3, -0.25) is 0 Å². The lowest BCUT2D eigenvalue weighted by atomic mass is 10.2. The molecule has 0 saturated heterocycles. The Kier molecular flexibility index (Phi) is 5.40. The summed E-state index contributed by atoms with van der Waals surface area (Å²) in [7, 11) is 0. The lowest BCUT2D eigenvalue weighted by molar-refractivity contribution is -0.132. The molecule has 0 heterocycles. The van der Waals surface area contributed by atoms with E-state index in [2.05, 4.69) is 0 Å². The normalized spacial score (nSPS) is 13.5. The summed E-state index contributed by atoms with van der Waals surface area (Å²) in [6.45, 7) is 0.195. The van der Waals surface area contributed by atoms with Crippen molar-refractivity contribution in [3.8, 4) is 5.75 Å². The Labute approximate surface area is 107 Å². The molecule has 0 radical (unpaired) electrons. The number of halogens is 5. The van der Waals surface area contributed by atoms with E-state index in [-0.39, 0.29) is 19.4 Å². The van der Waals surface area contributed by atoms with Crippen molar-refractivity contribution in [3.05, 3.63) is 29.3 Å². The molecule has 1 nitrogen and oxygen atoms in total. The first-order valence-electron chi connectivity index (χ1n) is 4.99. The predicted molar refractivity (Wildman–Crippen MR) is 61.9 cm³/mol. The molecule has 0 amide bonds. The van der Waals surface area contributed by atoms with Crippen LogP contribution in [-0.4, -0.2) is 18.2 Å². The number of hydrogen-bond acceptors (Lipinski definition) is 1. The molecule has 6 heteroatoms. The van der Waals surface area contributed by atoms with Gasteiger partial charge in [0, 0.05) is 5.02 Å². The third kappa shape index (κ3) is 5.50. The Morgan fingerprint density at radius 1 is 1.18 bits per heavy atom. The molecule has 1 aromatic rings. The molecule has 0 spiro atoms. The van der Waals surface area contributed by atoms with E-state index in [4.69, 9.17) is 27.9 Å². The molecule has 0 saturated carbocycles. The van der Waals surface area contributed by atoms with Crippen LogP contribution in [0.25, 0.3) is 0 Å². The van der Waals surface area contributed by atoms with Gasteiger partial charge in [-0.05, 0) is 37.1 Å². The van der Waals surface area contributed by atoms with Crippen LogP contribution in [-0.2, 0) is 0 Å². The maximum atomic E-state index is 12.1. The zero-order chi connectivity index (χ0) is 12.9. The van der Waals surface area contributed by atoms with Gasteiger partial charge in [-0.2, -0.15) is 13.2 Å². The van der Waals surface area contributed by atoms with Gasteiger partial charge in [0.05, 0.1) is 6.61 Å². The van der Waals surface area contributed by atoms with Crippen molar-refractivity contribution in [3.63, 3.8) is 0 Å². The summed E-state index contributed by atoms with van der Waals surface area (Å²) in [4.78, 5) is 0. The van der Waals surface area contributed by atoms with Crippen LogP contribution < -0.4 is 4.74 Å². The van der Waals surface area contributed by atoms with Gasteiger partial charge in [0.1, 0.15) is 11.1 Å². The Morgan fingerprint density at radius 2 is 1.76 bits per heavy atom. The molecule has 0 unspecified atom stereocenters. The minimum Gasteiger partial charge on any atom is -0.494 e. The van der Waals surface area contributed by atoms with Gasteiger partial charge in [-0.15, -0.1) is 11.6 Å². The van der Waals surface area contributed by atoms with Gasteiger partial charge in [0.2, 0.25) is 0 Å². The molecule has 1 rings (SSSR count). The molecule has 0 fully saturated rings. The van der Waals surface area contributed by atoms with E-state index in [1.807, 2.05) is 0 Å². The fraction of sp³-hybridized carbons (Fsp3) is 0.455. The highest BCUT2D eigenvalue weighted by molar-refractivity contribution is 6.30. The molecule has 96 valence electrons. The second kappa shape index (κ2) is 6.36. The monoisotopic (exact) mass is 286 g/mol. The van der Waals surface area contributed by atoms with Gasteiger partial charge in [0.15, 0.2) is 0 Å². The number of hydrogen-bond donors (Lipinski definition) is 0. The van der Waals surface area contributed by atoms with Gasteiger partial charge in [0.25, 0.3) is 0 Å². The summed E-state index contributed by atoms with van der Waals surface area (Å²) in [5.41, 5.74) is 0. The van der Waals surface area contributed by atoms with Crippen LogP contribution in [0, 0.1) is 0 Å². The third-order valence-electron chi connectivity index (χ3n) is 2.04. The van der Waals surface area contributed by atoms with Gasteiger partial charge < -0.3 is 4.74 Å². The molecule has 0 aliphatic carbocycles. The van der Waals surface area contributed by atoms with Crippen molar-refractivity contribution < 1.29 is 17.9 Å². The van der Waals surface area contributed by atoms with E-state index in [0.717, 1.165) is 0 Å². The lowest BCUT2D eigenvalue weighted by Crippen LogP contribution is -2.23. The highest BCUT2D eigenvalue weighted by Gasteiger charge is 2.37. The highest BCUT2D eigenvalue weighted by atomic mass is 35.5. The maximum Gasteiger partial charge on any atom is 0.404 e. The summed E-state index contributed by atoms with van der Waals surface area (Å²) in [6, 6.07) is 6.61. The standard InChI is InChI=1S/C11H11Cl2F3O/c12-8-3-5-9(6-4-8)17-7-1-2-10(13)11(14,15)16/h3-6,10H,1-2,7H2/t10-/m0/s1. The second-order valence-electron chi connectivity index (χ2n) is 3.45. The van der Waals surface area contributed by atoms with E-state index >= 15 is 0 Å². The molecular formula is C11H11Cl2F3O. The molecule has 0 bridgehead atoms. The number of alkyl halides is 4. The molecular weight excluding hydrogens is 276 g/mol. The molecule has 0 aliphatic heterocycles. The molecule has 0 aliphatic rings. The predicted octanol–water partition coefficient (Wildman–Crippen LogP) is 4.67. The first-order chi connectivity index (χ1) is 7.89. The quantitative estimate of drug-likeness (QED) is 0.565. The van der Waals surface area contributed by atoms with Crippen LogP contribution in [0.1, 0.15) is 12.8 Å². The van der Waals surface area contributed by atoms with E-state index in [0.29, 0.717) is 10.8 Å². The van der Waals surface area contributed by atoms with Crippen molar-refractivity contribution in [2.45, 2.75) is 24.4 Å². The number of ether oxygens (including phenoxy) is 1. The number of rotatable bonds is 5. The van der Waals surface area contributed by atoms with Gasteiger partial charge in [-0.25, -0.2) is 0 Å². The first kappa shape index (κ1) is 14.5. The second-order valence-corrected chi connectivity index (χ2v) is 4.42. The Hall–Kier alpha value is -0.610. The summed E-state index contributed by atoms with van der Waals surface area (Å²) in [5, 5.41) is -1.23. The fourth-order valence-corrected chi connectivity index (χ4v) is 1.43. The Morgan fingerprint density at radius 3 is 2.29 bits per heavy atom. The lowest BCUT2D eigenvalue weighted by Gasteiger charge is -2.13. The fourth-order valence-electron chi connectivity index (χ4n) is 1.15. The van der Waals surface area contributed by atoms with E-state index in [1.54, 1.807) is 24.3 Å². The summed E-state index contributed by atoms with van der Waals surface area (Å²) in [6.07, 6.45) is -4.25. The van der Waals surface area contributed by atoms with E-state index < -0.39 is 11.6 Å². The van der Waals surface area contributed by atoms with Crippen LogP contribution in [0.3, 0.4) is 0 Å². The van der Waals surface area contributed by atoms with Crippen LogP contribution >= 0.6 is 23.2 Å². The van der Waals surface area contributed by atoms with E-state index in [1.165, 1.54) is 0 Å². The van der Waals surface area contributed by atoms with Gasteiger partial charge in [-0.1, -0.05) is 11.6 Å². The summed E-state index contributed by atoms with van der Waals surface area (Å²) < 4.78 is 41.4. The van der Waals surface area contributed by atoms with Crippen molar-refractivity contribution in [2.24, 2.45) is 0 Å². The van der Waals surface area contributed by atoms with Gasteiger partial charge >= 0.3 is 6.18 Å². The average Bonchev–Trinajstić information content (AvgIpc) is 2.25. The summed E-state index contributed by atoms with van der Waals surface area (Å²) >= 11 is 10.8. The first-order valence-corrected chi connectivity index (χ1v) is 5.80. The third-order valence-corrected chi connectivity index (χ3v) is 2.76. The van der Waals surface area contributed by atoms with Crippen LogP contribution in [0.4, 0.5) is 13.2 Å². The average molecular weight is 287 g/mol. The van der Waals surface area contributed by atoms with Crippen LogP contribution in [0.2, 0.25) is 5.02 Å². The highest BCUT2D eigenvalue weighted by Crippen LogP contribution is 2.28. The topological polar surface area (TPSA) is 9.23 Å². The van der Waals surface area contributed by atoms with Crippen molar-refractivity contribution in [1.82, 2.24) is 0 Å². The van der Waals surface area contributed by atoms with Crippen molar-refractivity contribution in [2.75, 3.05) is 6.61 Å². The van der Waals surface area contributed by atoms with Crippen LogP contribution in [0.5, 0.6) is 5.75 Å². The number of benzene rings is 1. The maximum absolute atomic E-state index is 12.1. The minimum absolute atomic E-state index is 0.154. The van der Waals surface area contributed by atoms with Crippen molar-refractivity contribution in [1.29, 1.82) is 0 Å². The van der Waals surface area contributed by atoms with Crippen molar-refractivity contribution >= 4 is 23.2 Å². The smallest absolute Gasteiger partial charge is 0.404 e. The summed E-state index contributed by atoms with van der Waals surface area (Å²) in [5.74, 6) is 0.576.